The van der Waals surface area contributed by atoms with E-state index in [-0.39, 0.29) is 17.4 Å². The Balaban J connectivity index is 1.73. The number of benzene rings is 2. The number of hydrogen-bond acceptors (Lipinski definition) is 7. The second-order valence-electron chi connectivity index (χ2n) is 6.89. The van der Waals surface area contributed by atoms with Crippen molar-refractivity contribution in [2.45, 2.75) is 13.3 Å². The number of nitrogen functional groups attached to an aromatic ring is 1. The highest BCUT2D eigenvalue weighted by Crippen LogP contribution is 2.25. The number of nitrogens with zero attached hydrogens (tertiary/aromatic N) is 3. The molecular weight excluding hydrogens is 392 g/mol. The summed E-state index contributed by atoms with van der Waals surface area (Å²) >= 11 is 0. The van der Waals surface area contributed by atoms with Crippen LogP contribution in [0.25, 0.3) is 0 Å². The van der Waals surface area contributed by atoms with Crippen LogP contribution in [0, 0.1) is 5.41 Å². The maximum Gasteiger partial charge on any atom is 0.222 e. The molecule has 0 spiro atoms. The number of rotatable bonds is 9. The number of amides is 1. The molecule has 0 saturated carbocycles. The number of hydrogen-bond donors (Lipinski definition) is 3. The normalized spacial score (nSPS) is 10.4. The average molecular weight is 419 g/mol. The minimum absolute atomic E-state index is 0.0646. The number of anilines is 2. The molecular formula is C23H26N6O2. The summed E-state index contributed by atoms with van der Waals surface area (Å²) in [5.74, 6) is 2.14. The van der Waals surface area contributed by atoms with Crippen molar-refractivity contribution in [1.82, 2.24) is 14.9 Å². The maximum absolute atomic E-state index is 11.7. The zero-order valence-corrected chi connectivity index (χ0v) is 17.6. The molecule has 4 N–H and O–H groups in total. The van der Waals surface area contributed by atoms with Gasteiger partial charge in [0, 0.05) is 32.1 Å². The van der Waals surface area contributed by atoms with Crippen LogP contribution >= 0.6 is 0 Å². The molecule has 31 heavy (non-hydrogen) atoms. The molecule has 8 heteroatoms. The number of nitrogens with one attached hydrogen (secondary N) is 2. The summed E-state index contributed by atoms with van der Waals surface area (Å²) in [5.41, 5.74) is 7.35. The van der Waals surface area contributed by atoms with Crippen LogP contribution in [0.15, 0.2) is 60.9 Å². The van der Waals surface area contributed by atoms with Crippen LogP contribution in [0.4, 0.5) is 11.6 Å². The second kappa shape index (κ2) is 10.2. The fraction of sp³-hybridized carbons (Fsp3) is 0.217. The molecule has 3 aromatic rings. The van der Waals surface area contributed by atoms with E-state index in [1.165, 1.54) is 6.33 Å². The maximum atomic E-state index is 11.7. The van der Waals surface area contributed by atoms with Crippen molar-refractivity contribution in [3.05, 3.63) is 72.1 Å². The smallest absolute Gasteiger partial charge is 0.222 e. The predicted octanol–water partition coefficient (Wildman–Crippen LogP) is 3.55. The summed E-state index contributed by atoms with van der Waals surface area (Å²) in [6, 6.07) is 16.7. The van der Waals surface area contributed by atoms with Crippen LogP contribution < -0.4 is 15.8 Å². The first-order valence-corrected chi connectivity index (χ1v) is 10.00. The number of carbonyl (C=O) groups excluding carboxylic acids is 1. The summed E-state index contributed by atoms with van der Waals surface area (Å²) in [6.07, 6.45) is 1.81. The first-order valence-electron chi connectivity index (χ1n) is 10.00. The molecule has 1 amide bonds. The van der Waals surface area contributed by atoms with Gasteiger partial charge in [0.05, 0.1) is 11.3 Å². The number of ether oxygens (including phenoxy) is 1. The minimum Gasteiger partial charge on any atom is -0.457 e. The van der Waals surface area contributed by atoms with E-state index in [0.29, 0.717) is 42.2 Å². The van der Waals surface area contributed by atoms with Gasteiger partial charge in [0.2, 0.25) is 5.91 Å². The molecule has 0 aliphatic heterocycles. The van der Waals surface area contributed by atoms with Crippen molar-refractivity contribution < 1.29 is 9.53 Å². The van der Waals surface area contributed by atoms with Crippen LogP contribution in [0.3, 0.4) is 0 Å². The summed E-state index contributed by atoms with van der Waals surface area (Å²) < 4.78 is 5.81. The van der Waals surface area contributed by atoms with E-state index >= 15 is 0 Å². The van der Waals surface area contributed by atoms with Gasteiger partial charge >= 0.3 is 0 Å². The molecule has 0 saturated heterocycles. The monoisotopic (exact) mass is 418 g/mol. The Kier molecular flexibility index (Phi) is 7.16. The average Bonchev–Trinajstić information content (AvgIpc) is 2.79. The lowest BCUT2D eigenvalue weighted by Gasteiger charge is -2.18. The van der Waals surface area contributed by atoms with Crippen molar-refractivity contribution in [2.24, 2.45) is 0 Å². The van der Waals surface area contributed by atoms with Gasteiger partial charge in [0.1, 0.15) is 29.5 Å². The Morgan fingerprint density at radius 2 is 1.77 bits per heavy atom. The summed E-state index contributed by atoms with van der Waals surface area (Å²) in [4.78, 5) is 21.7. The molecule has 0 bridgehead atoms. The minimum atomic E-state index is 0.0646. The first-order chi connectivity index (χ1) is 15.0. The van der Waals surface area contributed by atoms with Gasteiger partial charge in [-0.05, 0) is 36.4 Å². The fourth-order valence-electron chi connectivity index (χ4n) is 2.97. The largest absolute Gasteiger partial charge is 0.457 e. The van der Waals surface area contributed by atoms with Crippen LogP contribution in [0.5, 0.6) is 11.5 Å². The number of para-hydroxylation sites is 1. The molecule has 1 aromatic heterocycles. The van der Waals surface area contributed by atoms with Crippen molar-refractivity contribution in [1.29, 1.82) is 5.41 Å². The van der Waals surface area contributed by atoms with Gasteiger partial charge in [-0.2, -0.15) is 0 Å². The van der Waals surface area contributed by atoms with Crippen LogP contribution in [0.1, 0.15) is 24.5 Å². The van der Waals surface area contributed by atoms with Gasteiger partial charge in [-0.3, -0.25) is 10.2 Å². The molecule has 8 nitrogen and oxygen atoms in total. The lowest BCUT2D eigenvalue weighted by atomic mass is 10.0. The summed E-state index contributed by atoms with van der Waals surface area (Å²) in [5, 5.41) is 11.8. The van der Waals surface area contributed by atoms with Crippen LogP contribution in [0.2, 0.25) is 0 Å². The van der Waals surface area contributed by atoms with E-state index in [1.807, 2.05) is 37.3 Å². The lowest BCUT2D eigenvalue weighted by molar-refractivity contribution is -0.129. The third kappa shape index (κ3) is 5.57. The molecule has 160 valence electrons. The Morgan fingerprint density at radius 1 is 1.10 bits per heavy atom. The number of aromatic nitrogens is 2. The van der Waals surface area contributed by atoms with Gasteiger partial charge in [-0.25, -0.2) is 9.97 Å². The SMILES string of the molecule is CCC(=O)N(C)CCNc1ncnc(N)c1C(=N)c1ccc(Oc2ccccc2)cc1. The summed E-state index contributed by atoms with van der Waals surface area (Å²) in [6.45, 7) is 2.81. The molecule has 1 heterocycles. The highest BCUT2D eigenvalue weighted by atomic mass is 16.5. The molecule has 0 unspecified atom stereocenters. The van der Waals surface area contributed by atoms with E-state index in [1.54, 1.807) is 36.2 Å². The Morgan fingerprint density at radius 3 is 2.45 bits per heavy atom. The van der Waals surface area contributed by atoms with E-state index in [0.717, 1.165) is 5.75 Å². The van der Waals surface area contributed by atoms with E-state index < -0.39 is 0 Å². The highest BCUT2D eigenvalue weighted by molar-refractivity contribution is 6.16. The zero-order valence-electron chi connectivity index (χ0n) is 17.6. The van der Waals surface area contributed by atoms with Gasteiger partial charge in [-0.15, -0.1) is 0 Å². The number of carbonyl (C=O) groups is 1. The number of likely N-dealkylation sites (N-methyl/N-ethyl adjacent to an activating group) is 1. The lowest BCUT2D eigenvalue weighted by Crippen LogP contribution is -2.31. The highest BCUT2D eigenvalue weighted by Gasteiger charge is 2.16. The second-order valence-corrected chi connectivity index (χ2v) is 6.89. The molecule has 0 radical (unpaired) electrons. The molecule has 0 aliphatic rings. The Labute approximate surface area is 181 Å². The third-order valence-electron chi connectivity index (χ3n) is 4.72. The quantitative estimate of drug-likeness (QED) is 0.458. The molecule has 2 aromatic carbocycles. The van der Waals surface area contributed by atoms with Gasteiger partial charge in [0.25, 0.3) is 0 Å². The van der Waals surface area contributed by atoms with Gasteiger partial charge in [0.15, 0.2) is 0 Å². The predicted molar refractivity (Wildman–Crippen MR) is 122 cm³/mol. The van der Waals surface area contributed by atoms with E-state index in [2.05, 4.69) is 15.3 Å². The molecule has 0 aliphatic carbocycles. The molecule has 3 rings (SSSR count). The van der Waals surface area contributed by atoms with Crippen LogP contribution in [-0.4, -0.2) is 46.6 Å². The standard InChI is InChI=1S/C23H26N6O2/c1-3-19(30)29(2)14-13-26-23-20(22(25)27-15-28-23)21(24)16-9-11-18(12-10-16)31-17-7-5-4-6-8-17/h4-12,15,24H,3,13-14H2,1-2H3,(H3,25,26,27,28). The zero-order chi connectivity index (χ0) is 22.2. The molecule has 0 atom stereocenters. The van der Waals surface area contributed by atoms with Crippen molar-refractivity contribution in [3.63, 3.8) is 0 Å². The van der Waals surface area contributed by atoms with Gasteiger partial charge < -0.3 is 20.7 Å². The van der Waals surface area contributed by atoms with Crippen LogP contribution in [-0.2, 0) is 4.79 Å². The fourth-order valence-corrected chi connectivity index (χ4v) is 2.97. The van der Waals surface area contributed by atoms with Crippen molar-refractivity contribution in [2.75, 3.05) is 31.2 Å². The first kappa shape index (κ1) is 21.8. The third-order valence-corrected chi connectivity index (χ3v) is 4.72. The van der Waals surface area contributed by atoms with Gasteiger partial charge in [-0.1, -0.05) is 25.1 Å². The van der Waals surface area contributed by atoms with Crippen molar-refractivity contribution >= 4 is 23.3 Å². The Hall–Kier alpha value is -3.94. The molecule has 0 fully saturated rings. The topological polar surface area (TPSA) is 117 Å². The van der Waals surface area contributed by atoms with E-state index in [9.17, 15) is 4.79 Å². The Bertz CT molecular complexity index is 1040. The summed E-state index contributed by atoms with van der Waals surface area (Å²) in [7, 11) is 1.75. The number of nitrogens with two attached hydrogens (primary N) is 1. The van der Waals surface area contributed by atoms with Crippen molar-refractivity contribution in [3.8, 4) is 11.5 Å². The van der Waals surface area contributed by atoms with E-state index in [4.69, 9.17) is 15.9 Å².